The summed E-state index contributed by atoms with van der Waals surface area (Å²) in [6, 6.07) is -0.737. The molecule has 1 aliphatic rings. The fraction of sp³-hybridized carbons (Fsp3) is 0.889. The predicted octanol–water partition coefficient (Wildman–Crippen LogP) is 1.73. The van der Waals surface area contributed by atoms with Gasteiger partial charge in [-0.1, -0.05) is 22.6 Å². The molecule has 1 rings (SSSR count). The molecule has 3 nitrogen and oxygen atoms in total. The third-order valence-electron chi connectivity index (χ3n) is 2.74. The van der Waals surface area contributed by atoms with E-state index in [0.29, 0.717) is 12.8 Å². The van der Waals surface area contributed by atoms with Crippen molar-refractivity contribution in [2.24, 2.45) is 0 Å². The van der Waals surface area contributed by atoms with Crippen LogP contribution in [0.4, 0.5) is 13.2 Å². The van der Waals surface area contributed by atoms with Gasteiger partial charge in [-0.3, -0.25) is 4.79 Å². The lowest BCUT2D eigenvalue weighted by atomic mass is 9.96. The number of carbonyl (C=O) groups is 1. The second kappa shape index (κ2) is 4.67. The van der Waals surface area contributed by atoms with Crippen molar-refractivity contribution in [3.63, 3.8) is 0 Å². The van der Waals surface area contributed by atoms with Crippen molar-refractivity contribution < 1.29 is 23.1 Å². The van der Waals surface area contributed by atoms with Gasteiger partial charge in [0.25, 0.3) is 0 Å². The van der Waals surface area contributed by atoms with E-state index < -0.39 is 23.7 Å². The molecule has 0 spiro atoms. The normalized spacial score (nSPS) is 25.6. The summed E-state index contributed by atoms with van der Waals surface area (Å²) in [6.07, 6.45) is -3.94. The van der Waals surface area contributed by atoms with Gasteiger partial charge in [-0.15, -0.1) is 0 Å². The van der Waals surface area contributed by atoms with Gasteiger partial charge < -0.3 is 10.0 Å². The summed E-state index contributed by atoms with van der Waals surface area (Å²) < 4.78 is 37.2. The molecule has 94 valence electrons. The Labute approximate surface area is 105 Å². The Morgan fingerprint density at radius 3 is 2.56 bits per heavy atom. The summed E-state index contributed by atoms with van der Waals surface area (Å²) >= 11 is 1.91. The van der Waals surface area contributed by atoms with Gasteiger partial charge in [-0.05, 0) is 19.8 Å². The van der Waals surface area contributed by atoms with Crippen LogP contribution in [0.5, 0.6) is 0 Å². The van der Waals surface area contributed by atoms with E-state index in [9.17, 15) is 23.1 Å². The monoisotopic (exact) mass is 351 g/mol. The van der Waals surface area contributed by atoms with Gasteiger partial charge in [-0.25, -0.2) is 0 Å². The molecular weight excluding hydrogens is 338 g/mol. The maximum Gasteiger partial charge on any atom is 0.471 e. The smallest absolute Gasteiger partial charge is 0.387 e. The fourth-order valence-corrected chi connectivity index (χ4v) is 2.42. The third-order valence-corrected chi connectivity index (χ3v) is 4.29. The highest BCUT2D eigenvalue weighted by atomic mass is 127. The van der Waals surface area contributed by atoms with Gasteiger partial charge >= 0.3 is 12.1 Å². The molecule has 1 heterocycles. The first-order valence-corrected chi connectivity index (χ1v) is 6.39. The number of amides is 1. The van der Waals surface area contributed by atoms with Crippen molar-refractivity contribution in [1.29, 1.82) is 0 Å². The first kappa shape index (κ1) is 14.0. The predicted molar refractivity (Wildman–Crippen MR) is 60.3 cm³/mol. The lowest BCUT2D eigenvalue weighted by Crippen LogP contribution is -2.54. The number of hydrogen-bond acceptors (Lipinski definition) is 2. The minimum atomic E-state index is -4.86. The van der Waals surface area contributed by atoms with Crippen LogP contribution in [-0.2, 0) is 4.79 Å². The second-order valence-electron chi connectivity index (χ2n) is 4.15. The molecule has 1 saturated heterocycles. The van der Waals surface area contributed by atoms with Gasteiger partial charge in [0.2, 0.25) is 0 Å². The summed E-state index contributed by atoms with van der Waals surface area (Å²) in [5.41, 5.74) is -1.27. The Balaban J connectivity index is 2.85. The topological polar surface area (TPSA) is 40.5 Å². The lowest BCUT2D eigenvalue weighted by molar-refractivity contribution is -0.189. The Bertz CT molecular complexity index is 280. The van der Waals surface area contributed by atoms with E-state index in [-0.39, 0.29) is 11.0 Å². The summed E-state index contributed by atoms with van der Waals surface area (Å²) in [6.45, 7) is 1.53. The quantitative estimate of drug-likeness (QED) is 0.608. The van der Waals surface area contributed by atoms with Crippen molar-refractivity contribution in [3.8, 4) is 0 Å². The van der Waals surface area contributed by atoms with Crippen LogP contribution >= 0.6 is 22.6 Å². The number of carbonyl (C=O) groups excluding carboxylic acids is 1. The maximum atomic E-state index is 12.3. The van der Waals surface area contributed by atoms with E-state index in [1.165, 1.54) is 6.92 Å². The fourth-order valence-electron chi connectivity index (χ4n) is 1.91. The van der Waals surface area contributed by atoms with E-state index >= 15 is 0 Å². The molecule has 0 unspecified atom stereocenters. The first-order chi connectivity index (χ1) is 7.20. The molecule has 2 atom stereocenters. The van der Waals surface area contributed by atoms with Crippen molar-refractivity contribution in [1.82, 2.24) is 4.90 Å². The Morgan fingerprint density at radius 1 is 1.56 bits per heavy atom. The molecule has 0 aliphatic carbocycles. The van der Waals surface area contributed by atoms with Gasteiger partial charge in [0.1, 0.15) is 0 Å². The zero-order valence-electron chi connectivity index (χ0n) is 8.72. The van der Waals surface area contributed by atoms with Crippen molar-refractivity contribution in [3.05, 3.63) is 0 Å². The molecule has 1 N–H and O–H groups in total. The van der Waals surface area contributed by atoms with Crippen LogP contribution in [0.25, 0.3) is 0 Å². The molecule has 1 aliphatic heterocycles. The highest BCUT2D eigenvalue weighted by Crippen LogP contribution is 2.32. The number of hydrogen-bond donors (Lipinski definition) is 1. The van der Waals surface area contributed by atoms with Crippen molar-refractivity contribution in [2.75, 3.05) is 11.0 Å². The standard InChI is InChI=1S/C9H13F3INO2/c1-8(16,5-13)6-3-2-4-14(6)7(15)9(10,11)12/h6,16H,2-5H2,1H3/t6-,8-/m0/s1. The molecule has 0 radical (unpaired) electrons. The van der Waals surface area contributed by atoms with Crippen LogP contribution in [0.2, 0.25) is 0 Å². The minimum Gasteiger partial charge on any atom is -0.387 e. The second-order valence-corrected chi connectivity index (χ2v) is 4.91. The molecule has 16 heavy (non-hydrogen) atoms. The van der Waals surface area contributed by atoms with Crippen LogP contribution < -0.4 is 0 Å². The van der Waals surface area contributed by atoms with Crippen molar-refractivity contribution in [2.45, 2.75) is 37.6 Å². The van der Waals surface area contributed by atoms with Crippen LogP contribution in [0, 0.1) is 0 Å². The zero-order chi connectivity index (χ0) is 12.6. The Morgan fingerprint density at radius 2 is 2.12 bits per heavy atom. The van der Waals surface area contributed by atoms with E-state index in [2.05, 4.69) is 0 Å². The molecule has 1 fully saturated rings. The zero-order valence-corrected chi connectivity index (χ0v) is 10.9. The van der Waals surface area contributed by atoms with Gasteiger partial charge in [0.15, 0.2) is 0 Å². The first-order valence-electron chi connectivity index (χ1n) is 4.86. The molecule has 0 bridgehead atoms. The molecule has 1 amide bonds. The number of alkyl halides is 4. The number of halogens is 4. The SMILES string of the molecule is C[C@](O)(CI)[C@@H]1CCCN1C(=O)C(F)(F)F. The largest absolute Gasteiger partial charge is 0.471 e. The van der Waals surface area contributed by atoms with Crippen LogP contribution in [0.1, 0.15) is 19.8 Å². The number of aliphatic hydroxyl groups is 1. The van der Waals surface area contributed by atoms with Gasteiger partial charge in [-0.2, -0.15) is 13.2 Å². The highest BCUT2D eigenvalue weighted by molar-refractivity contribution is 14.1. The van der Waals surface area contributed by atoms with Gasteiger partial charge in [0.05, 0.1) is 11.6 Å². The molecule has 7 heteroatoms. The average Bonchev–Trinajstić information content (AvgIpc) is 2.64. The van der Waals surface area contributed by atoms with E-state index in [1.807, 2.05) is 22.6 Å². The number of likely N-dealkylation sites (tertiary alicyclic amines) is 1. The summed E-state index contributed by atoms with van der Waals surface area (Å²) in [5.74, 6) is -1.85. The van der Waals surface area contributed by atoms with E-state index in [1.54, 1.807) is 0 Å². The Hall–Kier alpha value is -0.0500. The summed E-state index contributed by atoms with van der Waals surface area (Å²) in [5, 5.41) is 9.94. The third kappa shape index (κ3) is 2.79. The van der Waals surface area contributed by atoms with Crippen LogP contribution in [0.15, 0.2) is 0 Å². The molecule has 0 aromatic carbocycles. The van der Waals surface area contributed by atoms with E-state index in [0.717, 1.165) is 4.90 Å². The highest BCUT2D eigenvalue weighted by Gasteiger charge is 2.49. The number of rotatable bonds is 2. The molecule has 0 aromatic heterocycles. The Kier molecular flexibility index (Phi) is 4.09. The summed E-state index contributed by atoms with van der Waals surface area (Å²) in [4.78, 5) is 11.9. The van der Waals surface area contributed by atoms with Gasteiger partial charge in [0, 0.05) is 11.0 Å². The summed E-state index contributed by atoms with van der Waals surface area (Å²) in [7, 11) is 0. The maximum absolute atomic E-state index is 12.3. The van der Waals surface area contributed by atoms with Crippen LogP contribution in [0.3, 0.4) is 0 Å². The molecule has 0 saturated carbocycles. The van der Waals surface area contributed by atoms with Crippen molar-refractivity contribution >= 4 is 28.5 Å². The lowest BCUT2D eigenvalue weighted by Gasteiger charge is -2.35. The minimum absolute atomic E-state index is 0.0653. The van der Waals surface area contributed by atoms with E-state index in [4.69, 9.17) is 0 Å². The molecular formula is C9H13F3INO2. The average molecular weight is 351 g/mol. The number of nitrogens with zero attached hydrogens (tertiary/aromatic N) is 1. The molecule has 0 aromatic rings. The van der Waals surface area contributed by atoms with Crippen LogP contribution in [-0.4, -0.2) is 44.7 Å².